The van der Waals surface area contributed by atoms with Gasteiger partial charge in [0.1, 0.15) is 5.75 Å². The van der Waals surface area contributed by atoms with Crippen molar-refractivity contribution in [2.24, 2.45) is 0 Å². The first-order chi connectivity index (χ1) is 13.1. The standard InChI is InChI=1S/C20H18N2O5/c21-11-4-12-22-18(23)13-27-19(24)14-26-17-9-7-16(8-10-17)20(25)15-5-2-1-3-6-15/h1-3,5-10H,4,12-14H2,(H,22,23). The lowest BCUT2D eigenvalue weighted by Crippen LogP contribution is -2.30. The topological polar surface area (TPSA) is 105 Å². The highest BCUT2D eigenvalue weighted by Crippen LogP contribution is 2.15. The predicted molar refractivity (Wildman–Crippen MR) is 96.0 cm³/mol. The van der Waals surface area contributed by atoms with Crippen LogP contribution in [0.2, 0.25) is 0 Å². The second kappa shape index (κ2) is 10.4. The number of ketones is 1. The summed E-state index contributed by atoms with van der Waals surface area (Å²) in [5, 5.41) is 10.8. The molecule has 2 rings (SSSR count). The van der Waals surface area contributed by atoms with Crippen molar-refractivity contribution in [2.75, 3.05) is 19.8 Å². The maximum atomic E-state index is 12.3. The number of esters is 1. The summed E-state index contributed by atoms with van der Waals surface area (Å²) in [6, 6.07) is 17.2. The number of amides is 1. The van der Waals surface area contributed by atoms with Crippen LogP contribution in [0.5, 0.6) is 5.75 Å². The molecule has 0 fully saturated rings. The summed E-state index contributed by atoms with van der Waals surface area (Å²) < 4.78 is 10.0. The molecule has 2 aromatic rings. The number of rotatable bonds is 9. The molecule has 0 atom stereocenters. The Hall–Kier alpha value is -3.66. The molecule has 0 bridgehead atoms. The van der Waals surface area contributed by atoms with E-state index in [1.165, 1.54) is 0 Å². The fourth-order valence-corrected chi connectivity index (χ4v) is 2.10. The summed E-state index contributed by atoms with van der Waals surface area (Å²) in [5.74, 6) is -0.892. The molecule has 0 heterocycles. The molecule has 2 aromatic carbocycles. The molecule has 0 aliphatic heterocycles. The molecule has 7 nitrogen and oxygen atoms in total. The summed E-state index contributed by atoms with van der Waals surface area (Å²) in [6.45, 7) is -0.590. The third-order valence-corrected chi connectivity index (χ3v) is 3.43. The lowest BCUT2D eigenvalue weighted by molar-refractivity contribution is -0.150. The van der Waals surface area contributed by atoms with Crippen molar-refractivity contribution in [3.05, 3.63) is 65.7 Å². The van der Waals surface area contributed by atoms with Crippen LogP contribution in [-0.4, -0.2) is 37.4 Å². The highest BCUT2D eigenvalue weighted by atomic mass is 16.6. The Balaban J connectivity index is 1.76. The maximum absolute atomic E-state index is 12.3. The van der Waals surface area contributed by atoms with Gasteiger partial charge in [0.25, 0.3) is 5.91 Å². The number of carbonyl (C=O) groups is 3. The zero-order valence-electron chi connectivity index (χ0n) is 14.5. The Morgan fingerprint density at radius 3 is 2.26 bits per heavy atom. The first-order valence-corrected chi connectivity index (χ1v) is 8.22. The van der Waals surface area contributed by atoms with Crippen molar-refractivity contribution in [1.29, 1.82) is 5.26 Å². The molecule has 0 aliphatic rings. The molecule has 0 saturated heterocycles. The van der Waals surface area contributed by atoms with Crippen molar-refractivity contribution < 1.29 is 23.9 Å². The van der Waals surface area contributed by atoms with Crippen LogP contribution in [0.15, 0.2) is 54.6 Å². The molecule has 1 N–H and O–H groups in total. The third kappa shape index (κ3) is 6.63. The Bertz CT molecular complexity index is 826. The molecule has 0 radical (unpaired) electrons. The van der Waals surface area contributed by atoms with Gasteiger partial charge in [-0.25, -0.2) is 4.79 Å². The second-order valence-corrected chi connectivity index (χ2v) is 5.43. The number of hydrogen-bond acceptors (Lipinski definition) is 6. The Morgan fingerprint density at radius 1 is 0.926 bits per heavy atom. The molecule has 138 valence electrons. The van der Waals surface area contributed by atoms with E-state index in [0.717, 1.165) is 0 Å². The Labute approximate surface area is 156 Å². The van der Waals surface area contributed by atoms with Crippen LogP contribution >= 0.6 is 0 Å². The fourth-order valence-electron chi connectivity index (χ4n) is 2.10. The van der Waals surface area contributed by atoms with Crippen LogP contribution in [0, 0.1) is 11.3 Å². The summed E-state index contributed by atoms with van der Waals surface area (Å²) in [4.78, 5) is 35.2. The first kappa shape index (κ1) is 19.7. The molecule has 27 heavy (non-hydrogen) atoms. The lowest BCUT2D eigenvalue weighted by atomic mass is 10.0. The van der Waals surface area contributed by atoms with Gasteiger partial charge < -0.3 is 14.8 Å². The maximum Gasteiger partial charge on any atom is 0.344 e. The van der Waals surface area contributed by atoms with Crippen LogP contribution in [0.25, 0.3) is 0 Å². The minimum atomic E-state index is -0.699. The molecule has 0 spiro atoms. The monoisotopic (exact) mass is 366 g/mol. The largest absolute Gasteiger partial charge is 0.482 e. The van der Waals surface area contributed by atoms with E-state index in [9.17, 15) is 14.4 Å². The Kier molecular flexibility index (Phi) is 7.54. The van der Waals surface area contributed by atoms with Gasteiger partial charge in [-0.3, -0.25) is 9.59 Å². The van der Waals surface area contributed by atoms with Crippen LogP contribution in [-0.2, 0) is 14.3 Å². The second-order valence-electron chi connectivity index (χ2n) is 5.43. The van der Waals surface area contributed by atoms with Gasteiger partial charge in [-0.2, -0.15) is 5.26 Å². The average molecular weight is 366 g/mol. The van der Waals surface area contributed by atoms with Crippen molar-refractivity contribution in [2.45, 2.75) is 6.42 Å². The number of nitrogens with zero attached hydrogens (tertiary/aromatic N) is 1. The molecule has 1 amide bonds. The SMILES string of the molecule is N#CCCNC(=O)COC(=O)COc1ccc(C(=O)c2ccccc2)cc1. The van der Waals surface area contributed by atoms with Gasteiger partial charge >= 0.3 is 5.97 Å². The summed E-state index contributed by atoms with van der Waals surface area (Å²) >= 11 is 0. The van der Waals surface area contributed by atoms with Gasteiger partial charge in [-0.1, -0.05) is 30.3 Å². The smallest absolute Gasteiger partial charge is 0.344 e. The lowest BCUT2D eigenvalue weighted by Gasteiger charge is -2.08. The van der Waals surface area contributed by atoms with Crippen LogP contribution < -0.4 is 10.1 Å². The van der Waals surface area contributed by atoms with E-state index < -0.39 is 18.5 Å². The van der Waals surface area contributed by atoms with Crippen molar-refractivity contribution in [1.82, 2.24) is 5.32 Å². The molecule has 0 aromatic heterocycles. The number of carbonyl (C=O) groups excluding carboxylic acids is 3. The molecule has 0 unspecified atom stereocenters. The van der Waals surface area contributed by atoms with Gasteiger partial charge in [0.05, 0.1) is 12.5 Å². The number of ether oxygens (including phenoxy) is 2. The van der Waals surface area contributed by atoms with E-state index in [1.54, 1.807) is 48.5 Å². The van der Waals surface area contributed by atoms with Gasteiger partial charge in [0.2, 0.25) is 0 Å². The van der Waals surface area contributed by atoms with Crippen LogP contribution in [0.3, 0.4) is 0 Å². The van der Waals surface area contributed by atoms with E-state index >= 15 is 0 Å². The zero-order chi connectivity index (χ0) is 19.5. The number of nitrogens with one attached hydrogen (secondary N) is 1. The normalized spacial score (nSPS) is 9.74. The minimum absolute atomic E-state index is 0.107. The number of benzene rings is 2. The molecule has 0 aliphatic carbocycles. The average Bonchev–Trinajstić information content (AvgIpc) is 2.71. The van der Waals surface area contributed by atoms with Gasteiger partial charge in [-0.15, -0.1) is 0 Å². The van der Waals surface area contributed by atoms with Gasteiger partial charge in [0, 0.05) is 17.7 Å². The van der Waals surface area contributed by atoms with Gasteiger partial charge in [0.15, 0.2) is 19.0 Å². The minimum Gasteiger partial charge on any atom is -0.482 e. The number of nitriles is 1. The van der Waals surface area contributed by atoms with E-state index in [4.69, 9.17) is 14.7 Å². The van der Waals surface area contributed by atoms with Crippen molar-refractivity contribution in [3.8, 4) is 11.8 Å². The van der Waals surface area contributed by atoms with E-state index in [-0.39, 0.29) is 25.4 Å². The van der Waals surface area contributed by atoms with Crippen LogP contribution in [0.1, 0.15) is 22.3 Å². The number of hydrogen-bond donors (Lipinski definition) is 1. The third-order valence-electron chi connectivity index (χ3n) is 3.43. The van der Waals surface area contributed by atoms with E-state index in [1.807, 2.05) is 12.1 Å². The molecule has 0 saturated carbocycles. The van der Waals surface area contributed by atoms with Crippen molar-refractivity contribution >= 4 is 17.7 Å². The Morgan fingerprint density at radius 2 is 1.59 bits per heavy atom. The zero-order valence-corrected chi connectivity index (χ0v) is 14.5. The summed E-state index contributed by atoms with van der Waals surface area (Å²) in [7, 11) is 0. The van der Waals surface area contributed by atoms with Gasteiger partial charge in [-0.05, 0) is 24.3 Å². The molecule has 7 heteroatoms. The highest BCUT2D eigenvalue weighted by Gasteiger charge is 2.10. The van der Waals surface area contributed by atoms with Crippen LogP contribution in [0.4, 0.5) is 0 Å². The van der Waals surface area contributed by atoms with E-state index in [2.05, 4.69) is 5.32 Å². The fraction of sp³-hybridized carbons (Fsp3) is 0.200. The van der Waals surface area contributed by atoms with E-state index in [0.29, 0.717) is 16.9 Å². The summed E-state index contributed by atoms with van der Waals surface area (Å²) in [6.07, 6.45) is 0.186. The highest BCUT2D eigenvalue weighted by molar-refractivity contribution is 6.08. The summed E-state index contributed by atoms with van der Waals surface area (Å²) in [5.41, 5.74) is 1.09. The van der Waals surface area contributed by atoms with Crippen molar-refractivity contribution in [3.63, 3.8) is 0 Å². The molecular weight excluding hydrogens is 348 g/mol. The quantitative estimate of drug-likeness (QED) is 0.413. The first-order valence-electron chi connectivity index (χ1n) is 8.22. The predicted octanol–water partition coefficient (Wildman–Crippen LogP) is 1.87. The molecular formula is C20H18N2O5.